The zero-order valence-corrected chi connectivity index (χ0v) is 11.8. The number of carbonyl (C=O) groups is 1. The van der Waals surface area contributed by atoms with Gasteiger partial charge in [-0.2, -0.15) is 0 Å². The van der Waals surface area contributed by atoms with Gasteiger partial charge in [0.25, 0.3) is 0 Å². The van der Waals surface area contributed by atoms with Crippen LogP contribution in [0.3, 0.4) is 0 Å². The lowest BCUT2D eigenvalue weighted by atomic mass is 10.1. The van der Waals surface area contributed by atoms with Gasteiger partial charge >= 0.3 is 6.09 Å². The van der Waals surface area contributed by atoms with Crippen molar-refractivity contribution in [3.8, 4) is 5.75 Å². The fourth-order valence-electron chi connectivity index (χ4n) is 1.60. The molecule has 0 bridgehead atoms. The Labute approximate surface area is 117 Å². The minimum Gasteiger partial charge on any atom is -0.505 e. The molecule has 0 aliphatic carbocycles. The molecule has 1 unspecified atom stereocenters. The molecule has 1 aromatic carbocycles. The third kappa shape index (κ3) is 5.44. The van der Waals surface area contributed by atoms with Gasteiger partial charge in [0.15, 0.2) is 11.6 Å². The van der Waals surface area contributed by atoms with E-state index in [4.69, 9.17) is 9.84 Å². The van der Waals surface area contributed by atoms with E-state index in [1.54, 1.807) is 20.8 Å². The normalized spacial score (nSPS) is 12.8. The summed E-state index contributed by atoms with van der Waals surface area (Å²) in [6.07, 6.45) is -0.414. The predicted molar refractivity (Wildman–Crippen MR) is 72.0 cm³/mol. The number of nitrogens with one attached hydrogen (secondary N) is 1. The van der Waals surface area contributed by atoms with Gasteiger partial charge in [0.2, 0.25) is 0 Å². The van der Waals surface area contributed by atoms with E-state index in [1.807, 2.05) is 0 Å². The second-order valence-electron chi connectivity index (χ2n) is 5.52. The van der Waals surface area contributed by atoms with Crippen LogP contribution in [0.25, 0.3) is 0 Å². The van der Waals surface area contributed by atoms with Crippen LogP contribution in [0.4, 0.5) is 9.18 Å². The summed E-state index contributed by atoms with van der Waals surface area (Å²) in [7, 11) is 0. The van der Waals surface area contributed by atoms with Crippen LogP contribution in [0.1, 0.15) is 26.3 Å². The van der Waals surface area contributed by atoms with E-state index in [0.29, 0.717) is 5.56 Å². The average molecular weight is 285 g/mol. The van der Waals surface area contributed by atoms with Crippen molar-refractivity contribution in [2.24, 2.45) is 0 Å². The Kier molecular flexibility index (Phi) is 5.33. The van der Waals surface area contributed by atoms with E-state index in [-0.39, 0.29) is 13.0 Å². The minimum atomic E-state index is -0.739. The van der Waals surface area contributed by atoms with Crippen LogP contribution in [0.2, 0.25) is 0 Å². The van der Waals surface area contributed by atoms with Crippen LogP contribution in [-0.2, 0) is 11.2 Å². The van der Waals surface area contributed by atoms with Crippen molar-refractivity contribution in [2.45, 2.75) is 38.8 Å². The van der Waals surface area contributed by atoms with Crippen molar-refractivity contribution in [1.29, 1.82) is 0 Å². The molecule has 0 spiro atoms. The number of hydrogen-bond acceptors (Lipinski definition) is 4. The predicted octanol–water partition coefficient (Wildman–Crippen LogP) is 1.96. The second-order valence-corrected chi connectivity index (χ2v) is 5.52. The van der Waals surface area contributed by atoms with Crippen molar-refractivity contribution < 1.29 is 24.1 Å². The van der Waals surface area contributed by atoms with Gasteiger partial charge in [-0.05, 0) is 44.9 Å². The molecule has 0 saturated heterocycles. The summed E-state index contributed by atoms with van der Waals surface area (Å²) < 4.78 is 18.3. The number of halogens is 1. The van der Waals surface area contributed by atoms with Crippen molar-refractivity contribution in [3.05, 3.63) is 29.6 Å². The van der Waals surface area contributed by atoms with Crippen LogP contribution in [0.5, 0.6) is 5.75 Å². The number of hydrogen-bond donors (Lipinski definition) is 3. The monoisotopic (exact) mass is 285 g/mol. The number of amides is 1. The Morgan fingerprint density at radius 2 is 2.10 bits per heavy atom. The summed E-state index contributed by atoms with van der Waals surface area (Å²) in [5.41, 5.74) is -0.0789. The lowest BCUT2D eigenvalue weighted by Crippen LogP contribution is -2.42. The molecule has 0 heterocycles. The molecule has 0 radical (unpaired) electrons. The van der Waals surface area contributed by atoms with Crippen molar-refractivity contribution in [3.63, 3.8) is 0 Å². The van der Waals surface area contributed by atoms with Crippen LogP contribution < -0.4 is 5.32 Å². The molecule has 1 aromatic rings. The molecule has 0 saturated carbocycles. The maximum Gasteiger partial charge on any atom is 0.407 e. The number of phenolic OH excluding ortho intramolecular Hbond substituents is 1. The zero-order valence-electron chi connectivity index (χ0n) is 11.8. The lowest BCUT2D eigenvalue weighted by Gasteiger charge is -2.22. The highest BCUT2D eigenvalue weighted by Crippen LogP contribution is 2.17. The van der Waals surface area contributed by atoms with Gasteiger partial charge in [-0.15, -0.1) is 0 Å². The number of carbonyl (C=O) groups excluding carboxylic acids is 1. The Hall–Kier alpha value is -1.82. The summed E-state index contributed by atoms with van der Waals surface area (Å²) in [6.45, 7) is 4.89. The molecule has 20 heavy (non-hydrogen) atoms. The topological polar surface area (TPSA) is 78.8 Å². The molecule has 0 aromatic heterocycles. The zero-order chi connectivity index (χ0) is 15.3. The van der Waals surface area contributed by atoms with Crippen LogP contribution in [0.15, 0.2) is 18.2 Å². The number of ether oxygens (including phenoxy) is 1. The van der Waals surface area contributed by atoms with Crippen molar-refractivity contribution >= 4 is 6.09 Å². The molecular weight excluding hydrogens is 265 g/mol. The highest BCUT2D eigenvalue weighted by Gasteiger charge is 2.19. The van der Waals surface area contributed by atoms with Gasteiger partial charge in [0.1, 0.15) is 5.60 Å². The first-order valence-electron chi connectivity index (χ1n) is 6.29. The molecule has 1 amide bonds. The fraction of sp³-hybridized carbons (Fsp3) is 0.500. The fourth-order valence-corrected chi connectivity index (χ4v) is 1.60. The van der Waals surface area contributed by atoms with Crippen LogP contribution >= 0.6 is 0 Å². The average Bonchev–Trinajstić information content (AvgIpc) is 2.30. The van der Waals surface area contributed by atoms with Gasteiger partial charge in [-0.3, -0.25) is 0 Å². The van der Waals surface area contributed by atoms with Crippen LogP contribution in [0, 0.1) is 5.82 Å². The van der Waals surface area contributed by atoms with E-state index in [9.17, 15) is 14.3 Å². The van der Waals surface area contributed by atoms with E-state index in [1.165, 1.54) is 12.1 Å². The molecule has 0 aliphatic heterocycles. The van der Waals surface area contributed by atoms with Crippen LogP contribution in [-0.4, -0.2) is 34.6 Å². The molecule has 3 N–H and O–H groups in total. The number of phenols is 1. The maximum atomic E-state index is 13.2. The first-order valence-corrected chi connectivity index (χ1v) is 6.29. The molecule has 5 nitrogen and oxygen atoms in total. The first kappa shape index (κ1) is 16.2. The minimum absolute atomic E-state index is 0.229. The highest BCUT2D eigenvalue weighted by molar-refractivity contribution is 5.68. The summed E-state index contributed by atoms with van der Waals surface area (Å²) in [5, 5.41) is 20.8. The number of aliphatic hydroxyl groups is 1. The Morgan fingerprint density at radius 3 is 2.60 bits per heavy atom. The lowest BCUT2D eigenvalue weighted by molar-refractivity contribution is 0.0483. The Morgan fingerprint density at radius 1 is 1.45 bits per heavy atom. The SMILES string of the molecule is CC(C)(C)OC(=O)NC(CO)Cc1ccc(O)c(F)c1. The van der Waals surface area contributed by atoms with E-state index < -0.39 is 29.3 Å². The van der Waals surface area contributed by atoms with Crippen molar-refractivity contribution in [2.75, 3.05) is 6.61 Å². The van der Waals surface area contributed by atoms with Gasteiger partial charge < -0.3 is 20.3 Å². The summed E-state index contributed by atoms with van der Waals surface area (Å²) in [6, 6.07) is 3.33. The number of rotatable bonds is 4. The summed E-state index contributed by atoms with van der Waals surface area (Å²) in [4.78, 5) is 11.6. The molecule has 0 fully saturated rings. The summed E-state index contributed by atoms with van der Waals surface area (Å²) in [5.74, 6) is -1.18. The van der Waals surface area contributed by atoms with E-state index >= 15 is 0 Å². The largest absolute Gasteiger partial charge is 0.505 e. The standard InChI is InChI=1S/C14H20FNO4/c1-14(2,3)20-13(19)16-10(8-17)6-9-4-5-12(18)11(15)7-9/h4-5,7,10,17-18H,6,8H2,1-3H3,(H,16,19). The molecule has 1 atom stereocenters. The van der Waals surface area contributed by atoms with Gasteiger partial charge in [0, 0.05) is 0 Å². The van der Waals surface area contributed by atoms with Gasteiger partial charge in [-0.1, -0.05) is 6.07 Å². The smallest absolute Gasteiger partial charge is 0.407 e. The number of alkyl carbamates (subject to hydrolysis) is 1. The number of aromatic hydroxyl groups is 1. The Balaban J connectivity index is 2.63. The van der Waals surface area contributed by atoms with Crippen molar-refractivity contribution in [1.82, 2.24) is 5.32 Å². The highest BCUT2D eigenvalue weighted by atomic mass is 19.1. The Bertz CT molecular complexity index is 471. The van der Waals surface area contributed by atoms with E-state index in [0.717, 1.165) is 6.07 Å². The van der Waals surface area contributed by atoms with Gasteiger partial charge in [-0.25, -0.2) is 9.18 Å². The maximum absolute atomic E-state index is 13.2. The molecule has 0 aliphatic rings. The molecule has 6 heteroatoms. The number of aliphatic hydroxyl groups excluding tert-OH is 1. The van der Waals surface area contributed by atoms with Gasteiger partial charge in [0.05, 0.1) is 12.6 Å². The third-order valence-corrected chi connectivity index (χ3v) is 2.44. The number of benzene rings is 1. The second kappa shape index (κ2) is 6.56. The third-order valence-electron chi connectivity index (χ3n) is 2.44. The molecule has 1 rings (SSSR count). The van der Waals surface area contributed by atoms with E-state index in [2.05, 4.69) is 5.32 Å². The molecule has 112 valence electrons. The quantitative estimate of drug-likeness (QED) is 0.790. The molecular formula is C14H20FNO4. The first-order chi connectivity index (χ1) is 9.21. The summed E-state index contributed by atoms with van der Waals surface area (Å²) >= 11 is 0.